The van der Waals surface area contributed by atoms with Gasteiger partial charge in [-0.25, -0.2) is 4.79 Å². The monoisotopic (exact) mass is 451 g/mol. The molecule has 0 atom stereocenters. The molecule has 33 heavy (non-hydrogen) atoms. The average Bonchev–Trinajstić information content (AvgIpc) is 2.73. The van der Waals surface area contributed by atoms with Gasteiger partial charge in [0, 0.05) is 28.7 Å². The maximum atomic E-state index is 12.4. The number of rotatable bonds is 9. The van der Waals surface area contributed by atoms with Crippen LogP contribution in [0.4, 0.5) is 0 Å². The molecule has 0 saturated carbocycles. The summed E-state index contributed by atoms with van der Waals surface area (Å²) >= 11 is 0. The maximum Gasteiger partial charge on any atom is 0.335 e. The fourth-order valence-corrected chi connectivity index (χ4v) is 3.80. The first-order valence-corrected chi connectivity index (χ1v) is 12.2. The SMILES string of the molecule is CCCCCCCC(=O)ON=C(c1ccccc1)c1cc(C(C)(C)C)c(O)c(C(C)(C)C)c1. The van der Waals surface area contributed by atoms with Crippen LogP contribution in [0.5, 0.6) is 5.75 Å². The first kappa shape index (κ1) is 26.6. The molecule has 0 amide bonds. The number of oxime groups is 1. The highest BCUT2D eigenvalue weighted by molar-refractivity contribution is 6.13. The molecular formula is C29H41NO3. The van der Waals surface area contributed by atoms with Crippen LogP contribution in [0.2, 0.25) is 0 Å². The summed E-state index contributed by atoms with van der Waals surface area (Å²) in [5, 5.41) is 15.4. The van der Waals surface area contributed by atoms with E-state index in [9.17, 15) is 9.90 Å². The Morgan fingerprint density at radius 1 is 0.848 bits per heavy atom. The number of aromatic hydroxyl groups is 1. The summed E-state index contributed by atoms with van der Waals surface area (Å²) < 4.78 is 0. The van der Waals surface area contributed by atoms with Crippen molar-refractivity contribution in [2.75, 3.05) is 0 Å². The Labute approximate surface area is 200 Å². The maximum absolute atomic E-state index is 12.4. The van der Waals surface area contributed by atoms with Gasteiger partial charge in [0.2, 0.25) is 0 Å². The predicted octanol–water partition coefficient (Wildman–Crippen LogP) is 7.64. The van der Waals surface area contributed by atoms with E-state index in [1.165, 1.54) is 12.8 Å². The number of phenols is 1. The second-order valence-corrected chi connectivity index (χ2v) is 10.9. The van der Waals surface area contributed by atoms with Crippen LogP contribution in [0.1, 0.15) is 109 Å². The number of carbonyl (C=O) groups is 1. The Bertz CT molecular complexity index is 912. The zero-order valence-corrected chi connectivity index (χ0v) is 21.5. The molecule has 2 rings (SSSR count). The molecule has 0 heterocycles. The normalized spacial score (nSPS) is 12.6. The second kappa shape index (κ2) is 11.5. The first-order valence-electron chi connectivity index (χ1n) is 12.2. The van der Waals surface area contributed by atoms with Crippen molar-refractivity contribution in [3.05, 3.63) is 64.7 Å². The van der Waals surface area contributed by atoms with Crippen molar-refractivity contribution < 1.29 is 14.7 Å². The molecule has 0 unspecified atom stereocenters. The van der Waals surface area contributed by atoms with E-state index in [2.05, 4.69) is 53.6 Å². The van der Waals surface area contributed by atoms with E-state index in [-0.39, 0.29) is 16.8 Å². The van der Waals surface area contributed by atoms with E-state index in [0.29, 0.717) is 17.9 Å². The Morgan fingerprint density at radius 3 is 1.91 bits per heavy atom. The van der Waals surface area contributed by atoms with Gasteiger partial charge in [0.05, 0.1) is 0 Å². The summed E-state index contributed by atoms with van der Waals surface area (Å²) in [6, 6.07) is 13.7. The molecule has 0 aliphatic rings. The van der Waals surface area contributed by atoms with E-state index in [1.807, 2.05) is 42.5 Å². The van der Waals surface area contributed by atoms with Crippen LogP contribution in [-0.2, 0) is 20.5 Å². The average molecular weight is 452 g/mol. The Morgan fingerprint density at radius 2 is 1.39 bits per heavy atom. The molecule has 4 heteroatoms. The van der Waals surface area contributed by atoms with Crippen molar-refractivity contribution in [1.82, 2.24) is 0 Å². The van der Waals surface area contributed by atoms with Gasteiger partial charge in [0.1, 0.15) is 11.5 Å². The fourth-order valence-electron chi connectivity index (χ4n) is 3.80. The summed E-state index contributed by atoms with van der Waals surface area (Å²) in [6.45, 7) is 14.7. The summed E-state index contributed by atoms with van der Waals surface area (Å²) in [7, 11) is 0. The van der Waals surface area contributed by atoms with Crippen molar-refractivity contribution in [3.63, 3.8) is 0 Å². The minimum absolute atomic E-state index is 0.267. The zero-order chi connectivity index (χ0) is 24.6. The third-order valence-electron chi connectivity index (χ3n) is 5.77. The van der Waals surface area contributed by atoms with Gasteiger partial charge in [-0.15, -0.1) is 0 Å². The van der Waals surface area contributed by atoms with Crippen LogP contribution in [-0.4, -0.2) is 16.8 Å². The lowest BCUT2D eigenvalue weighted by atomic mass is 9.77. The van der Waals surface area contributed by atoms with E-state index >= 15 is 0 Å². The summed E-state index contributed by atoms with van der Waals surface area (Å²) in [5.41, 5.74) is 3.43. The van der Waals surface area contributed by atoms with E-state index in [1.54, 1.807) is 0 Å². The summed E-state index contributed by atoms with van der Waals surface area (Å²) in [6.07, 6.45) is 5.72. The molecule has 0 aromatic heterocycles. The number of nitrogens with zero attached hydrogens (tertiary/aromatic N) is 1. The van der Waals surface area contributed by atoms with Gasteiger partial charge >= 0.3 is 5.97 Å². The number of hydrogen-bond acceptors (Lipinski definition) is 4. The number of carbonyl (C=O) groups excluding carboxylic acids is 1. The van der Waals surface area contributed by atoms with Crippen molar-refractivity contribution in [1.29, 1.82) is 0 Å². The number of unbranched alkanes of at least 4 members (excludes halogenated alkanes) is 4. The topological polar surface area (TPSA) is 58.9 Å². The molecule has 180 valence electrons. The Kier molecular flexibility index (Phi) is 9.27. The second-order valence-electron chi connectivity index (χ2n) is 10.9. The molecule has 0 bridgehead atoms. The molecule has 0 spiro atoms. The molecule has 2 aromatic rings. The van der Waals surface area contributed by atoms with Crippen LogP contribution >= 0.6 is 0 Å². The highest BCUT2D eigenvalue weighted by Gasteiger charge is 2.28. The van der Waals surface area contributed by atoms with Crippen LogP contribution < -0.4 is 0 Å². The lowest BCUT2D eigenvalue weighted by Gasteiger charge is -2.28. The van der Waals surface area contributed by atoms with Gasteiger partial charge in [-0.05, 0) is 29.4 Å². The van der Waals surface area contributed by atoms with Crippen LogP contribution in [0, 0.1) is 0 Å². The smallest absolute Gasteiger partial charge is 0.335 e. The molecule has 4 nitrogen and oxygen atoms in total. The van der Waals surface area contributed by atoms with Crippen molar-refractivity contribution in [2.24, 2.45) is 5.16 Å². The largest absolute Gasteiger partial charge is 0.507 e. The van der Waals surface area contributed by atoms with Gasteiger partial charge in [-0.1, -0.05) is 110 Å². The molecule has 2 aromatic carbocycles. The number of phenolic OH excluding ortho intramolecular Hbond substituents is 1. The highest BCUT2D eigenvalue weighted by Crippen LogP contribution is 2.40. The first-order chi connectivity index (χ1) is 15.4. The standard InChI is InChI=1S/C29H41NO3/c1-8-9-10-11-15-18-25(31)33-30-26(21-16-13-12-14-17-21)22-19-23(28(2,3)4)27(32)24(20-22)29(5,6)7/h12-14,16-17,19-20,32H,8-11,15,18H2,1-7H3. The van der Waals surface area contributed by atoms with Gasteiger partial charge in [-0.3, -0.25) is 0 Å². The zero-order valence-electron chi connectivity index (χ0n) is 21.5. The third kappa shape index (κ3) is 7.73. The van der Waals surface area contributed by atoms with Crippen molar-refractivity contribution >= 4 is 11.7 Å². The third-order valence-corrected chi connectivity index (χ3v) is 5.77. The number of benzene rings is 2. The van der Waals surface area contributed by atoms with E-state index < -0.39 is 0 Å². The lowest BCUT2D eigenvalue weighted by molar-refractivity contribution is -0.143. The minimum Gasteiger partial charge on any atom is -0.507 e. The molecule has 0 saturated heterocycles. The van der Waals surface area contributed by atoms with Crippen LogP contribution in [0.25, 0.3) is 0 Å². The summed E-state index contributed by atoms with van der Waals surface area (Å²) in [5.74, 6) is 0.000957. The van der Waals surface area contributed by atoms with Gasteiger partial charge < -0.3 is 9.94 Å². The molecule has 0 radical (unpaired) electrons. The number of hydrogen-bond donors (Lipinski definition) is 1. The lowest BCUT2D eigenvalue weighted by Crippen LogP contribution is -2.19. The Balaban J connectivity index is 2.46. The molecular weight excluding hydrogens is 410 g/mol. The van der Waals surface area contributed by atoms with Crippen molar-refractivity contribution in [2.45, 2.75) is 97.8 Å². The predicted molar refractivity (Wildman–Crippen MR) is 137 cm³/mol. The molecule has 0 fully saturated rings. The summed E-state index contributed by atoms with van der Waals surface area (Å²) in [4.78, 5) is 17.8. The van der Waals surface area contributed by atoms with Crippen LogP contribution in [0.3, 0.4) is 0 Å². The Hall–Kier alpha value is -2.62. The quantitative estimate of drug-likeness (QED) is 0.184. The van der Waals surface area contributed by atoms with E-state index in [4.69, 9.17) is 4.84 Å². The molecule has 1 N–H and O–H groups in total. The van der Waals surface area contributed by atoms with Crippen molar-refractivity contribution in [3.8, 4) is 5.75 Å². The molecule has 0 aliphatic carbocycles. The molecule has 0 aliphatic heterocycles. The van der Waals surface area contributed by atoms with Gasteiger partial charge in [0.25, 0.3) is 0 Å². The highest BCUT2D eigenvalue weighted by atomic mass is 16.7. The van der Waals surface area contributed by atoms with Crippen LogP contribution in [0.15, 0.2) is 47.6 Å². The van der Waals surface area contributed by atoms with Gasteiger partial charge in [0.15, 0.2) is 0 Å². The van der Waals surface area contributed by atoms with E-state index in [0.717, 1.165) is 41.5 Å². The minimum atomic E-state index is -0.314. The van der Waals surface area contributed by atoms with Gasteiger partial charge in [-0.2, -0.15) is 0 Å². The fraction of sp³-hybridized carbons (Fsp3) is 0.517.